The molecule has 4 rings (SSSR count). The summed E-state index contributed by atoms with van der Waals surface area (Å²) in [6.07, 6.45) is 1.53. The Morgan fingerprint density at radius 1 is 1.16 bits per heavy atom. The van der Waals surface area contributed by atoms with E-state index >= 15 is 0 Å². The van der Waals surface area contributed by atoms with Gasteiger partial charge in [0.2, 0.25) is 5.91 Å². The number of aromatic amines is 1. The Morgan fingerprint density at radius 2 is 1.90 bits per heavy atom. The summed E-state index contributed by atoms with van der Waals surface area (Å²) in [6, 6.07) is 7.78. The second-order valence-corrected chi connectivity index (χ2v) is 9.13. The van der Waals surface area contributed by atoms with Crippen LogP contribution in [-0.2, 0) is 4.79 Å². The standard InChI is InChI=1S/C21H25Br2N7O/c1-3-28(4-2)17(14-6-5-7-15(22)12-14)21(31)30-10-8-29(9-11-30)20-16-18(23)26-27-19(16)24-13-25-20/h5-7,12-13,17H,3-4,8-11H2,1-2H3,(H,24,25,26,27). The van der Waals surface area contributed by atoms with Gasteiger partial charge in [0.05, 0.1) is 5.39 Å². The first kappa shape index (κ1) is 22.2. The topological polar surface area (TPSA) is 81.2 Å². The Balaban J connectivity index is 1.53. The molecule has 0 saturated carbocycles. The lowest BCUT2D eigenvalue weighted by molar-refractivity contribution is -0.137. The minimum Gasteiger partial charge on any atom is -0.352 e. The van der Waals surface area contributed by atoms with Crippen molar-refractivity contribution >= 4 is 54.6 Å². The summed E-state index contributed by atoms with van der Waals surface area (Å²) in [4.78, 5) is 28.7. The first-order valence-electron chi connectivity index (χ1n) is 10.4. The molecule has 1 atom stereocenters. The van der Waals surface area contributed by atoms with Crippen LogP contribution in [0.2, 0.25) is 0 Å². The van der Waals surface area contributed by atoms with E-state index in [4.69, 9.17) is 0 Å². The monoisotopic (exact) mass is 549 g/mol. The lowest BCUT2D eigenvalue weighted by atomic mass is 10.0. The highest BCUT2D eigenvalue weighted by atomic mass is 79.9. The molecule has 1 aliphatic heterocycles. The number of fused-ring (bicyclic) bond motifs is 1. The van der Waals surface area contributed by atoms with Gasteiger partial charge in [-0.1, -0.05) is 41.9 Å². The minimum absolute atomic E-state index is 0.152. The van der Waals surface area contributed by atoms with E-state index in [0.717, 1.165) is 38.9 Å². The average Bonchev–Trinajstić information content (AvgIpc) is 3.18. The fourth-order valence-electron chi connectivity index (χ4n) is 4.13. The molecule has 10 heteroatoms. The number of hydrogen-bond acceptors (Lipinski definition) is 6. The summed E-state index contributed by atoms with van der Waals surface area (Å²) < 4.78 is 1.76. The molecule has 1 aliphatic rings. The van der Waals surface area contributed by atoms with E-state index < -0.39 is 0 Å². The van der Waals surface area contributed by atoms with Gasteiger partial charge in [0.25, 0.3) is 0 Å². The molecule has 2 aromatic heterocycles. The SMILES string of the molecule is CCN(CC)C(C(=O)N1CCN(c2ncnc3n[nH]c(Br)c23)CC1)c1cccc(Br)c1. The zero-order valence-electron chi connectivity index (χ0n) is 17.6. The van der Waals surface area contributed by atoms with Crippen molar-refractivity contribution in [3.05, 3.63) is 45.2 Å². The van der Waals surface area contributed by atoms with Gasteiger partial charge < -0.3 is 9.80 Å². The van der Waals surface area contributed by atoms with Crippen molar-refractivity contribution in [2.75, 3.05) is 44.2 Å². The van der Waals surface area contributed by atoms with Gasteiger partial charge in [0, 0.05) is 30.7 Å². The molecule has 0 radical (unpaired) electrons. The van der Waals surface area contributed by atoms with Crippen molar-refractivity contribution in [3.63, 3.8) is 0 Å². The predicted molar refractivity (Wildman–Crippen MR) is 128 cm³/mol. The van der Waals surface area contributed by atoms with E-state index in [1.54, 1.807) is 0 Å². The van der Waals surface area contributed by atoms with Gasteiger partial charge in [-0.25, -0.2) is 9.97 Å². The van der Waals surface area contributed by atoms with Crippen LogP contribution >= 0.6 is 31.9 Å². The van der Waals surface area contributed by atoms with Gasteiger partial charge >= 0.3 is 0 Å². The maximum absolute atomic E-state index is 13.6. The van der Waals surface area contributed by atoms with Crippen LogP contribution in [-0.4, -0.2) is 75.1 Å². The number of nitrogens with one attached hydrogen (secondary N) is 1. The highest BCUT2D eigenvalue weighted by Crippen LogP contribution is 2.30. The number of H-pyrrole nitrogens is 1. The van der Waals surface area contributed by atoms with Crippen LogP contribution < -0.4 is 4.90 Å². The number of carbonyl (C=O) groups is 1. The summed E-state index contributed by atoms with van der Waals surface area (Å²) in [7, 11) is 0. The summed E-state index contributed by atoms with van der Waals surface area (Å²) in [5.74, 6) is 0.990. The number of nitrogens with zero attached hydrogens (tertiary/aromatic N) is 6. The van der Waals surface area contributed by atoms with E-state index in [2.05, 4.69) is 75.7 Å². The van der Waals surface area contributed by atoms with Crippen LogP contribution in [0.15, 0.2) is 39.7 Å². The summed E-state index contributed by atoms with van der Waals surface area (Å²) in [5, 5.41) is 7.98. The molecule has 1 fully saturated rings. The van der Waals surface area contributed by atoms with Gasteiger partial charge in [-0.2, -0.15) is 5.10 Å². The van der Waals surface area contributed by atoms with Gasteiger partial charge in [-0.15, -0.1) is 0 Å². The summed E-state index contributed by atoms with van der Waals surface area (Å²) >= 11 is 7.05. The number of hydrogen-bond donors (Lipinski definition) is 1. The quantitative estimate of drug-likeness (QED) is 0.505. The molecule has 0 bridgehead atoms. The summed E-state index contributed by atoms with van der Waals surface area (Å²) in [6.45, 7) is 8.53. The number of halogens is 2. The van der Waals surface area contributed by atoms with Crippen molar-refractivity contribution in [2.24, 2.45) is 0 Å². The van der Waals surface area contributed by atoms with Crippen LogP contribution in [0, 0.1) is 0 Å². The number of carbonyl (C=O) groups excluding carboxylic acids is 1. The second-order valence-electron chi connectivity index (χ2n) is 7.42. The fraction of sp³-hybridized carbons (Fsp3) is 0.429. The zero-order valence-corrected chi connectivity index (χ0v) is 20.7. The molecule has 3 heterocycles. The minimum atomic E-state index is -0.284. The number of aromatic nitrogens is 4. The number of amides is 1. The number of likely N-dealkylation sites (N-methyl/N-ethyl adjacent to an activating group) is 1. The third-order valence-corrected chi connectivity index (χ3v) is 6.82. The smallest absolute Gasteiger partial charge is 0.244 e. The molecular formula is C21H25Br2N7O. The van der Waals surface area contributed by atoms with Crippen molar-refractivity contribution < 1.29 is 4.79 Å². The van der Waals surface area contributed by atoms with Crippen molar-refractivity contribution in [2.45, 2.75) is 19.9 Å². The molecule has 164 valence electrons. The highest BCUT2D eigenvalue weighted by molar-refractivity contribution is 9.10. The van der Waals surface area contributed by atoms with Crippen LogP contribution in [0.4, 0.5) is 5.82 Å². The second kappa shape index (κ2) is 9.62. The number of rotatable bonds is 6. The van der Waals surface area contributed by atoms with Crippen LogP contribution in [0.25, 0.3) is 11.0 Å². The van der Waals surface area contributed by atoms with Crippen molar-refractivity contribution in [1.82, 2.24) is 30.0 Å². The molecule has 3 aromatic rings. The van der Waals surface area contributed by atoms with E-state index in [0.29, 0.717) is 31.8 Å². The first-order valence-corrected chi connectivity index (χ1v) is 12.0. The maximum Gasteiger partial charge on any atom is 0.244 e. The largest absolute Gasteiger partial charge is 0.352 e. The van der Waals surface area contributed by atoms with Gasteiger partial charge in [0.15, 0.2) is 5.65 Å². The first-order chi connectivity index (χ1) is 15.0. The molecule has 1 N–H and O–H groups in total. The fourth-order valence-corrected chi connectivity index (χ4v) is 4.99. The molecule has 0 aliphatic carbocycles. The van der Waals surface area contributed by atoms with Crippen LogP contribution in [0.1, 0.15) is 25.5 Å². The van der Waals surface area contributed by atoms with Crippen LogP contribution in [0.3, 0.4) is 0 Å². The molecule has 8 nitrogen and oxygen atoms in total. The Hall–Kier alpha value is -2.04. The third kappa shape index (κ3) is 4.47. The Labute approximate surface area is 198 Å². The zero-order chi connectivity index (χ0) is 22.0. The Morgan fingerprint density at radius 3 is 2.58 bits per heavy atom. The number of anilines is 1. The average molecular weight is 551 g/mol. The molecule has 31 heavy (non-hydrogen) atoms. The Bertz CT molecular complexity index is 1060. The maximum atomic E-state index is 13.6. The Kier molecular flexibility index (Phi) is 6.88. The molecule has 1 aromatic carbocycles. The molecule has 0 spiro atoms. The van der Waals surface area contributed by atoms with E-state index in [1.807, 2.05) is 29.2 Å². The third-order valence-electron chi connectivity index (χ3n) is 5.75. The number of benzene rings is 1. The van der Waals surface area contributed by atoms with Crippen LogP contribution in [0.5, 0.6) is 0 Å². The van der Waals surface area contributed by atoms with Gasteiger partial charge in [-0.05, 0) is 46.7 Å². The van der Waals surface area contributed by atoms with E-state index in [-0.39, 0.29) is 11.9 Å². The molecular weight excluding hydrogens is 526 g/mol. The lowest BCUT2D eigenvalue weighted by Gasteiger charge is -2.39. The van der Waals surface area contributed by atoms with Crippen molar-refractivity contribution in [1.29, 1.82) is 0 Å². The summed E-state index contributed by atoms with van der Waals surface area (Å²) in [5.41, 5.74) is 1.65. The van der Waals surface area contributed by atoms with Gasteiger partial charge in [-0.3, -0.25) is 14.8 Å². The molecule has 1 amide bonds. The highest BCUT2D eigenvalue weighted by Gasteiger charge is 2.32. The van der Waals surface area contributed by atoms with Crippen molar-refractivity contribution in [3.8, 4) is 0 Å². The number of piperazine rings is 1. The molecule has 1 saturated heterocycles. The lowest BCUT2D eigenvalue weighted by Crippen LogP contribution is -2.52. The molecule has 1 unspecified atom stereocenters. The normalized spacial score (nSPS) is 15.6. The predicted octanol–water partition coefficient (Wildman–Crippen LogP) is 3.61. The van der Waals surface area contributed by atoms with Gasteiger partial charge in [0.1, 0.15) is 22.8 Å². The van der Waals surface area contributed by atoms with E-state index in [1.165, 1.54) is 6.33 Å². The van der Waals surface area contributed by atoms with E-state index in [9.17, 15) is 4.79 Å².